The molecule has 0 bridgehead atoms. The molecule has 0 radical (unpaired) electrons. The fourth-order valence-corrected chi connectivity index (χ4v) is 3.04. The first-order valence-electron chi connectivity index (χ1n) is 7.44. The Bertz CT molecular complexity index is 972. The highest BCUT2D eigenvalue weighted by Gasteiger charge is 2.14. The molecule has 26 heavy (non-hydrogen) atoms. The lowest BCUT2D eigenvalue weighted by molar-refractivity contribution is -0.384. The molecule has 9 heteroatoms. The van der Waals surface area contributed by atoms with Gasteiger partial charge in [-0.25, -0.2) is 9.37 Å². The molecular weight excluding hydrogens is 359 g/mol. The number of nitro groups is 1. The first kappa shape index (κ1) is 17.6. The number of hydrogen-bond donors (Lipinski definition) is 1. The molecule has 3 rings (SSSR count). The van der Waals surface area contributed by atoms with Crippen molar-refractivity contribution in [1.82, 2.24) is 9.55 Å². The molecule has 0 atom stereocenters. The summed E-state index contributed by atoms with van der Waals surface area (Å²) in [6.45, 7) is 0. The number of halogens is 1. The third-order valence-corrected chi connectivity index (χ3v) is 4.66. The van der Waals surface area contributed by atoms with Gasteiger partial charge < -0.3 is 9.88 Å². The van der Waals surface area contributed by atoms with E-state index in [9.17, 15) is 19.3 Å². The van der Waals surface area contributed by atoms with Gasteiger partial charge in [-0.2, -0.15) is 0 Å². The van der Waals surface area contributed by atoms with Gasteiger partial charge in [-0.15, -0.1) is 0 Å². The molecule has 1 amide bonds. The van der Waals surface area contributed by atoms with Crippen LogP contribution in [0.25, 0.3) is 0 Å². The van der Waals surface area contributed by atoms with Gasteiger partial charge in [-0.1, -0.05) is 0 Å². The zero-order chi connectivity index (χ0) is 18.7. The van der Waals surface area contributed by atoms with Gasteiger partial charge in [0.2, 0.25) is 0 Å². The van der Waals surface area contributed by atoms with Gasteiger partial charge in [0.25, 0.3) is 11.6 Å². The second-order valence-electron chi connectivity index (χ2n) is 5.32. The van der Waals surface area contributed by atoms with Crippen LogP contribution >= 0.6 is 11.8 Å². The lowest BCUT2D eigenvalue weighted by Gasteiger charge is -2.11. The van der Waals surface area contributed by atoms with Gasteiger partial charge >= 0.3 is 0 Å². The van der Waals surface area contributed by atoms with Crippen molar-refractivity contribution in [3.8, 4) is 0 Å². The number of nitrogens with zero attached hydrogens (tertiary/aromatic N) is 3. The highest BCUT2D eigenvalue weighted by atomic mass is 32.2. The minimum atomic E-state index is -0.546. The summed E-state index contributed by atoms with van der Waals surface area (Å²) in [6, 6.07) is 9.24. The quantitative estimate of drug-likeness (QED) is 0.542. The molecule has 1 aromatic heterocycles. The minimum Gasteiger partial charge on any atom is -0.329 e. The molecule has 0 aliphatic heterocycles. The maximum atomic E-state index is 13.6. The number of nitrogens with one attached hydrogen (secondary N) is 1. The van der Waals surface area contributed by atoms with E-state index in [4.69, 9.17) is 0 Å². The molecule has 132 valence electrons. The van der Waals surface area contributed by atoms with Crippen LogP contribution in [0.2, 0.25) is 0 Å². The summed E-state index contributed by atoms with van der Waals surface area (Å²) in [7, 11) is 1.83. The van der Waals surface area contributed by atoms with E-state index in [-0.39, 0.29) is 11.3 Å². The largest absolute Gasteiger partial charge is 0.329 e. The van der Waals surface area contributed by atoms with E-state index in [1.165, 1.54) is 48.2 Å². The fourth-order valence-electron chi connectivity index (χ4n) is 2.17. The van der Waals surface area contributed by atoms with E-state index < -0.39 is 16.6 Å². The van der Waals surface area contributed by atoms with Gasteiger partial charge in [-0.05, 0) is 42.1 Å². The third-order valence-electron chi connectivity index (χ3n) is 3.51. The standard InChI is InChI=1S/C17H13FN4O3S/c1-21-9-8-19-17(21)26-15-7-4-12(18)10-14(15)20-16(23)11-2-5-13(6-3-11)22(24)25/h2-10H,1H3,(H,20,23). The predicted octanol–water partition coefficient (Wildman–Crippen LogP) is 3.87. The van der Waals surface area contributed by atoms with E-state index in [2.05, 4.69) is 10.3 Å². The Morgan fingerprint density at radius 1 is 1.27 bits per heavy atom. The van der Waals surface area contributed by atoms with Crippen LogP contribution in [-0.4, -0.2) is 20.4 Å². The van der Waals surface area contributed by atoms with E-state index in [1.54, 1.807) is 23.0 Å². The Balaban J connectivity index is 1.84. The monoisotopic (exact) mass is 372 g/mol. The number of benzene rings is 2. The molecule has 0 aliphatic carbocycles. The lowest BCUT2D eigenvalue weighted by Crippen LogP contribution is -2.12. The number of hydrogen-bond acceptors (Lipinski definition) is 5. The molecule has 1 heterocycles. The zero-order valence-corrected chi connectivity index (χ0v) is 14.4. The van der Waals surface area contributed by atoms with E-state index in [1.807, 2.05) is 7.05 Å². The molecular formula is C17H13FN4O3S. The Morgan fingerprint density at radius 2 is 2.00 bits per heavy atom. The highest BCUT2D eigenvalue weighted by Crippen LogP contribution is 2.33. The van der Waals surface area contributed by atoms with Crippen molar-refractivity contribution in [3.63, 3.8) is 0 Å². The smallest absolute Gasteiger partial charge is 0.269 e. The first-order chi connectivity index (χ1) is 12.4. The summed E-state index contributed by atoms with van der Waals surface area (Å²) < 4.78 is 15.4. The van der Waals surface area contributed by atoms with Crippen molar-refractivity contribution in [2.45, 2.75) is 10.1 Å². The number of aromatic nitrogens is 2. The van der Waals surface area contributed by atoms with Crippen molar-refractivity contribution < 1.29 is 14.1 Å². The molecule has 0 saturated heterocycles. The molecule has 0 fully saturated rings. The molecule has 1 N–H and O–H groups in total. The summed E-state index contributed by atoms with van der Waals surface area (Å²) in [4.78, 5) is 27.4. The molecule has 0 saturated carbocycles. The van der Waals surface area contributed by atoms with Crippen molar-refractivity contribution in [2.24, 2.45) is 7.05 Å². The Labute approximate surface area is 152 Å². The van der Waals surface area contributed by atoms with Gasteiger partial charge in [0.15, 0.2) is 5.16 Å². The molecule has 0 unspecified atom stereocenters. The summed E-state index contributed by atoms with van der Waals surface area (Å²) in [6.07, 6.45) is 3.42. The normalized spacial score (nSPS) is 10.5. The summed E-state index contributed by atoms with van der Waals surface area (Å²) in [5.74, 6) is -0.986. The minimum absolute atomic E-state index is 0.113. The van der Waals surface area contributed by atoms with Gasteiger partial charge in [0.1, 0.15) is 5.82 Å². The number of rotatable bonds is 5. The average molecular weight is 372 g/mol. The van der Waals surface area contributed by atoms with Crippen molar-refractivity contribution in [2.75, 3.05) is 5.32 Å². The van der Waals surface area contributed by atoms with Gasteiger partial charge in [0, 0.05) is 42.0 Å². The van der Waals surface area contributed by atoms with E-state index in [0.29, 0.717) is 15.7 Å². The second-order valence-corrected chi connectivity index (χ2v) is 6.33. The van der Waals surface area contributed by atoms with Crippen LogP contribution in [0.3, 0.4) is 0 Å². The molecule has 3 aromatic rings. The third kappa shape index (κ3) is 3.89. The van der Waals surface area contributed by atoms with Crippen molar-refractivity contribution >= 4 is 29.0 Å². The van der Waals surface area contributed by atoms with Crippen LogP contribution in [0, 0.1) is 15.9 Å². The summed E-state index contributed by atoms with van der Waals surface area (Å²) >= 11 is 1.28. The maximum absolute atomic E-state index is 13.6. The van der Waals surface area contributed by atoms with E-state index >= 15 is 0 Å². The van der Waals surface area contributed by atoms with Crippen LogP contribution < -0.4 is 5.32 Å². The van der Waals surface area contributed by atoms with Crippen LogP contribution in [0.5, 0.6) is 0 Å². The maximum Gasteiger partial charge on any atom is 0.269 e. The van der Waals surface area contributed by atoms with Crippen molar-refractivity contribution in [1.29, 1.82) is 0 Å². The molecule has 7 nitrogen and oxygen atoms in total. The van der Waals surface area contributed by atoms with Crippen molar-refractivity contribution in [3.05, 3.63) is 76.4 Å². The summed E-state index contributed by atoms with van der Waals surface area (Å²) in [5, 5.41) is 14.0. The molecule has 0 spiro atoms. The van der Waals surface area contributed by atoms with Crippen LogP contribution in [0.4, 0.5) is 15.8 Å². The number of anilines is 1. The molecule has 0 aliphatic rings. The van der Waals surface area contributed by atoms with Gasteiger partial charge in [0.05, 0.1) is 10.6 Å². The average Bonchev–Trinajstić information content (AvgIpc) is 3.02. The van der Waals surface area contributed by atoms with E-state index in [0.717, 1.165) is 0 Å². The van der Waals surface area contributed by atoms with Crippen LogP contribution in [0.15, 0.2) is 64.9 Å². The number of nitro benzene ring substituents is 1. The zero-order valence-electron chi connectivity index (χ0n) is 13.5. The Hall–Kier alpha value is -3.20. The summed E-state index contributed by atoms with van der Waals surface area (Å²) in [5.41, 5.74) is 0.410. The number of imidazole rings is 1. The number of aryl methyl sites for hydroxylation is 1. The number of carbonyl (C=O) groups is 1. The predicted molar refractivity (Wildman–Crippen MR) is 94.8 cm³/mol. The second kappa shape index (κ2) is 7.36. The lowest BCUT2D eigenvalue weighted by atomic mass is 10.2. The number of amides is 1. The topological polar surface area (TPSA) is 90.1 Å². The Morgan fingerprint density at radius 3 is 2.62 bits per heavy atom. The highest BCUT2D eigenvalue weighted by molar-refractivity contribution is 7.99. The fraction of sp³-hybridized carbons (Fsp3) is 0.0588. The van der Waals surface area contributed by atoms with Crippen LogP contribution in [-0.2, 0) is 7.05 Å². The van der Waals surface area contributed by atoms with Gasteiger partial charge in [-0.3, -0.25) is 14.9 Å². The SMILES string of the molecule is Cn1ccnc1Sc1ccc(F)cc1NC(=O)c1ccc([N+](=O)[O-])cc1. The molecule has 2 aromatic carbocycles. The van der Waals surface area contributed by atoms with Crippen LogP contribution in [0.1, 0.15) is 10.4 Å². The first-order valence-corrected chi connectivity index (χ1v) is 8.26. The number of carbonyl (C=O) groups excluding carboxylic acids is 1. The Kier molecular flexibility index (Phi) is 4.99. The number of non-ortho nitro benzene ring substituents is 1.